The van der Waals surface area contributed by atoms with Gasteiger partial charge in [-0.05, 0) is 12.1 Å². The lowest BCUT2D eigenvalue weighted by atomic mass is 10.0. The molecule has 1 unspecified atom stereocenters. The average Bonchev–Trinajstić information content (AvgIpc) is 2.72. The van der Waals surface area contributed by atoms with E-state index in [1.165, 1.54) is 6.07 Å². The van der Waals surface area contributed by atoms with Crippen molar-refractivity contribution in [3.63, 3.8) is 0 Å². The Balaban J connectivity index is 1.88. The molecule has 8 nitrogen and oxygen atoms in total. The van der Waals surface area contributed by atoms with Gasteiger partial charge in [-0.2, -0.15) is 0 Å². The third-order valence-corrected chi connectivity index (χ3v) is 4.85. The Labute approximate surface area is 168 Å². The van der Waals surface area contributed by atoms with Crippen LogP contribution in [0.2, 0.25) is 0 Å². The Kier molecular flexibility index (Phi) is 5.18. The van der Waals surface area contributed by atoms with Gasteiger partial charge < -0.3 is 15.0 Å². The van der Waals surface area contributed by atoms with Crippen LogP contribution >= 0.6 is 0 Å². The number of fused-ring (bicyclic) bond motifs is 1. The maximum Gasteiger partial charge on any atom is 0.413 e. The topological polar surface area (TPSA) is 92.3 Å². The second-order valence-corrected chi connectivity index (χ2v) is 6.99. The molecule has 1 fully saturated rings. The number of halogens is 4. The van der Waals surface area contributed by atoms with Gasteiger partial charge in [-0.1, -0.05) is 0 Å². The van der Waals surface area contributed by atoms with Gasteiger partial charge in [0.15, 0.2) is 6.10 Å². The smallest absolute Gasteiger partial charge is 0.413 e. The molecule has 2 aliphatic rings. The fraction of sp³-hybridized carbons (Fsp3) is 0.444. The quantitative estimate of drug-likeness (QED) is 0.727. The van der Waals surface area contributed by atoms with E-state index in [4.69, 9.17) is 4.74 Å². The zero-order chi connectivity index (χ0) is 21.5. The summed E-state index contributed by atoms with van der Waals surface area (Å²) in [5.41, 5.74) is -0.676. The minimum Gasteiger partial charge on any atom is -0.435 e. The van der Waals surface area contributed by atoms with Gasteiger partial charge in [-0.15, -0.1) is 0 Å². The molecule has 0 aliphatic carbocycles. The van der Waals surface area contributed by atoms with Gasteiger partial charge in [0.1, 0.15) is 23.7 Å². The predicted octanol–water partition coefficient (Wildman–Crippen LogP) is 2.93. The first-order valence-corrected chi connectivity index (χ1v) is 9.21. The summed E-state index contributed by atoms with van der Waals surface area (Å²) in [5.74, 6) is -3.08. The number of hydrogen-bond acceptors (Lipinski definition) is 7. The Morgan fingerprint density at radius 1 is 1.23 bits per heavy atom. The molecule has 1 saturated heterocycles. The fourth-order valence-corrected chi connectivity index (χ4v) is 3.39. The standard InChI is InChI=1S/C18H18F4N6O2/c1-18(21,22)9-6-10(26-11(7-9)28-4-2-23-3-5-28)13-12-14(15(19)20)30-17(29)27-16(12)25-8-24-13/h6-8,14-15,23H,2-5H2,1H3,(H,24,25,27,29). The van der Waals surface area contributed by atoms with Crippen LogP contribution in [-0.4, -0.2) is 53.6 Å². The highest BCUT2D eigenvalue weighted by Gasteiger charge is 2.38. The number of carbonyl (C=O) groups is 1. The van der Waals surface area contributed by atoms with Gasteiger partial charge in [0, 0.05) is 38.7 Å². The highest BCUT2D eigenvalue weighted by molar-refractivity contribution is 5.88. The predicted molar refractivity (Wildman–Crippen MR) is 98.8 cm³/mol. The van der Waals surface area contributed by atoms with Crippen LogP contribution < -0.4 is 15.5 Å². The monoisotopic (exact) mass is 426 g/mol. The van der Waals surface area contributed by atoms with E-state index in [2.05, 4.69) is 25.6 Å². The summed E-state index contributed by atoms with van der Waals surface area (Å²) in [6.07, 6.45) is -5.05. The van der Waals surface area contributed by atoms with Crippen molar-refractivity contribution in [2.75, 3.05) is 36.4 Å². The van der Waals surface area contributed by atoms with Crippen molar-refractivity contribution in [1.82, 2.24) is 20.3 Å². The van der Waals surface area contributed by atoms with E-state index < -0.39 is 24.5 Å². The van der Waals surface area contributed by atoms with Crippen molar-refractivity contribution < 1.29 is 27.1 Å². The molecule has 2 aromatic rings. The first kappa shape index (κ1) is 20.3. The third kappa shape index (κ3) is 3.86. The highest BCUT2D eigenvalue weighted by Crippen LogP contribution is 2.40. The Morgan fingerprint density at radius 2 is 1.97 bits per heavy atom. The molecular formula is C18H18F4N6O2. The number of pyridine rings is 1. The second-order valence-electron chi connectivity index (χ2n) is 6.99. The van der Waals surface area contributed by atoms with Crippen molar-refractivity contribution in [3.8, 4) is 11.4 Å². The number of ether oxygens (including phenoxy) is 1. The number of alkyl halides is 4. The van der Waals surface area contributed by atoms with Crippen LogP contribution in [0.25, 0.3) is 11.4 Å². The van der Waals surface area contributed by atoms with Crippen LogP contribution in [0, 0.1) is 0 Å². The Hall–Kier alpha value is -3.02. The van der Waals surface area contributed by atoms with Crippen LogP contribution in [0.1, 0.15) is 24.2 Å². The molecule has 12 heteroatoms. The highest BCUT2D eigenvalue weighted by atomic mass is 19.3. The number of aromatic nitrogens is 3. The maximum absolute atomic E-state index is 14.2. The molecule has 4 heterocycles. The molecule has 2 aromatic heterocycles. The summed E-state index contributed by atoms with van der Waals surface area (Å²) in [6.45, 7) is 3.14. The number of amides is 1. The van der Waals surface area contributed by atoms with E-state index in [9.17, 15) is 22.4 Å². The minimum atomic E-state index is -3.19. The lowest BCUT2D eigenvalue weighted by Crippen LogP contribution is -2.44. The number of rotatable bonds is 4. The molecule has 0 spiro atoms. The number of anilines is 2. The SMILES string of the molecule is CC(F)(F)c1cc(-c2ncnc3c2C(C(F)F)OC(=O)N3)nc(N2CCNCC2)c1. The molecule has 0 bridgehead atoms. The maximum atomic E-state index is 14.2. The van der Waals surface area contributed by atoms with Crippen molar-refractivity contribution in [3.05, 3.63) is 29.6 Å². The zero-order valence-corrected chi connectivity index (χ0v) is 15.8. The first-order chi connectivity index (χ1) is 14.2. The minimum absolute atomic E-state index is 0.0355. The van der Waals surface area contributed by atoms with Crippen molar-refractivity contribution in [1.29, 1.82) is 0 Å². The number of hydrogen-bond donors (Lipinski definition) is 2. The van der Waals surface area contributed by atoms with Gasteiger partial charge in [0.05, 0.1) is 11.3 Å². The Bertz CT molecular complexity index is 962. The zero-order valence-electron chi connectivity index (χ0n) is 15.8. The number of piperazine rings is 1. The van der Waals surface area contributed by atoms with Gasteiger partial charge in [0.2, 0.25) is 0 Å². The van der Waals surface area contributed by atoms with Gasteiger partial charge in [-0.3, -0.25) is 5.32 Å². The summed E-state index contributed by atoms with van der Waals surface area (Å²) in [4.78, 5) is 25.7. The van der Waals surface area contributed by atoms with E-state index in [0.717, 1.165) is 19.3 Å². The lowest BCUT2D eigenvalue weighted by Gasteiger charge is -2.30. The molecular weight excluding hydrogens is 408 g/mol. The molecule has 30 heavy (non-hydrogen) atoms. The van der Waals surface area contributed by atoms with Gasteiger partial charge in [-0.25, -0.2) is 37.3 Å². The molecule has 0 radical (unpaired) electrons. The molecule has 0 saturated carbocycles. The molecule has 0 aromatic carbocycles. The van der Waals surface area contributed by atoms with Gasteiger partial charge >= 0.3 is 6.09 Å². The van der Waals surface area contributed by atoms with E-state index in [1.54, 1.807) is 0 Å². The molecule has 2 N–H and O–H groups in total. The van der Waals surface area contributed by atoms with E-state index in [-0.39, 0.29) is 34.2 Å². The molecule has 2 aliphatic heterocycles. The second kappa shape index (κ2) is 7.67. The van der Waals surface area contributed by atoms with Gasteiger partial charge in [0.25, 0.3) is 12.3 Å². The van der Waals surface area contributed by atoms with E-state index in [0.29, 0.717) is 26.2 Å². The normalized spacial score (nSPS) is 19.3. The van der Waals surface area contributed by atoms with Crippen LogP contribution in [0.3, 0.4) is 0 Å². The summed E-state index contributed by atoms with van der Waals surface area (Å²) >= 11 is 0. The molecule has 4 rings (SSSR count). The van der Waals surface area contributed by atoms with Crippen LogP contribution in [-0.2, 0) is 10.7 Å². The average molecular weight is 426 g/mol. The number of nitrogens with zero attached hydrogens (tertiary/aromatic N) is 4. The molecule has 1 amide bonds. The number of nitrogens with one attached hydrogen (secondary N) is 2. The van der Waals surface area contributed by atoms with Crippen LogP contribution in [0.5, 0.6) is 0 Å². The van der Waals surface area contributed by atoms with Crippen molar-refractivity contribution in [2.24, 2.45) is 0 Å². The summed E-state index contributed by atoms with van der Waals surface area (Å²) in [5, 5.41) is 5.40. The number of cyclic esters (lactones) is 1. The summed E-state index contributed by atoms with van der Waals surface area (Å²) < 4.78 is 60.3. The fourth-order valence-electron chi connectivity index (χ4n) is 3.39. The largest absolute Gasteiger partial charge is 0.435 e. The summed E-state index contributed by atoms with van der Waals surface area (Å²) in [6, 6.07) is 2.39. The number of carbonyl (C=O) groups excluding carboxylic acids is 1. The van der Waals surface area contributed by atoms with Crippen molar-refractivity contribution >= 4 is 17.7 Å². The molecule has 1 atom stereocenters. The molecule has 160 valence electrons. The van der Waals surface area contributed by atoms with E-state index >= 15 is 0 Å². The van der Waals surface area contributed by atoms with Crippen LogP contribution in [0.15, 0.2) is 18.5 Å². The third-order valence-electron chi connectivity index (χ3n) is 4.85. The Morgan fingerprint density at radius 3 is 2.63 bits per heavy atom. The van der Waals surface area contributed by atoms with E-state index in [1.807, 2.05) is 4.90 Å². The first-order valence-electron chi connectivity index (χ1n) is 9.21. The van der Waals surface area contributed by atoms with Crippen LogP contribution in [0.4, 0.5) is 34.0 Å². The summed E-state index contributed by atoms with van der Waals surface area (Å²) in [7, 11) is 0. The van der Waals surface area contributed by atoms with Crippen molar-refractivity contribution in [2.45, 2.75) is 25.4 Å². The lowest BCUT2D eigenvalue weighted by molar-refractivity contribution is -0.0170.